The Morgan fingerprint density at radius 1 is 0.939 bits per heavy atom. The molecule has 0 aliphatic heterocycles. The van der Waals surface area contributed by atoms with Gasteiger partial charge in [0.1, 0.15) is 0 Å². The van der Waals surface area contributed by atoms with Crippen LogP contribution >= 0.6 is 11.8 Å². The Morgan fingerprint density at radius 2 is 1.58 bits per heavy atom. The lowest BCUT2D eigenvalue weighted by Gasteiger charge is -2.15. The van der Waals surface area contributed by atoms with Gasteiger partial charge in [0.05, 0.1) is 32.6 Å². The van der Waals surface area contributed by atoms with Crippen molar-refractivity contribution in [3.05, 3.63) is 42.0 Å². The Balaban J connectivity index is 2.00. The van der Waals surface area contributed by atoms with E-state index in [-0.39, 0.29) is 23.3 Å². The van der Waals surface area contributed by atoms with Crippen LogP contribution in [0.3, 0.4) is 0 Å². The third kappa shape index (κ3) is 7.60. The van der Waals surface area contributed by atoms with E-state index < -0.39 is 18.5 Å². The van der Waals surface area contributed by atoms with Gasteiger partial charge in [-0.3, -0.25) is 9.59 Å². The molecular formula is C23H28N2O7S. The molecule has 0 saturated carbocycles. The second-order valence-electron chi connectivity index (χ2n) is 7.05. The molecule has 0 heterocycles. The molecule has 178 valence electrons. The summed E-state index contributed by atoms with van der Waals surface area (Å²) in [6.45, 7) is 3.25. The summed E-state index contributed by atoms with van der Waals surface area (Å²) < 4.78 is 20.9. The molecule has 2 amide bonds. The molecule has 33 heavy (non-hydrogen) atoms. The van der Waals surface area contributed by atoms with Gasteiger partial charge in [0.2, 0.25) is 11.7 Å². The third-order valence-corrected chi connectivity index (χ3v) is 5.27. The molecule has 2 aromatic carbocycles. The Labute approximate surface area is 197 Å². The van der Waals surface area contributed by atoms with Crippen LogP contribution in [0.5, 0.6) is 17.2 Å². The van der Waals surface area contributed by atoms with Crippen molar-refractivity contribution in [2.45, 2.75) is 24.8 Å². The SMILES string of the molecule is COc1cc(NC(=O)COC(=O)c2ccccc2SCC(=O)NC(C)C)cc(OC)c1OC. The molecule has 2 N–H and O–H groups in total. The predicted octanol–water partition coefficient (Wildman–Crippen LogP) is 3.12. The van der Waals surface area contributed by atoms with Crippen molar-refractivity contribution >= 4 is 35.2 Å². The first kappa shape index (κ1) is 25.9. The second kappa shape index (κ2) is 12.6. The smallest absolute Gasteiger partial charge is 0.339 e. The van der Waals surface area contributed by atoms with Crippen molar-refractivity contribution < 1.29 is 33.3 Å². The summed E-state index contributed by atoms with van der Waals surface area (Å²) >= 11 is 1.22. The highest BCUT2D eigenvalue weighted by Gasteiger charge is 2.18. The van der Waals surface area contributed by atoms with Gasteiger partial charge >= 0.3 is 5.97 Å². The molecular weight excluding hydrogens is 448 g/mol. The van der Waals surface area contributed by atoms with Gasteiger partial charge in [0.25, 0.3) is 5.91 Å². The van der Waals surface area contributed by atoms with Crippen molar-refractivity contribution in [3.8, 4) is 17.2 Å². The van der Waals surface area contributed by atoms with E-state index in [0.717, 1.165) is 0 Å². The van der Waals surface area contributed by atoms with E-state index in [0.29, 0.717) is 27.8 Å². The summed E-state index contributed by atoms with van der Waals surface area (Å²) in [7, 11) is 4.41. The van der Waals surface area contributed by atoms with E-state index in [4.69, 9.17) is 18.9 Å². The highest BCUT2D eigenvalue weighted by molar-refractivity contribution is 8.00. The molecule has 0 spiro atoms. The maximum Gasteiger partial charge on any atom is 0.339 e. The molecule has 0 radical (unpaired) electrons. The lowest BCUT2D eigenvalue weighted by atomic mass is 10.2. The lowest BCUT2D eigenvalue weighted by molar-refractivity contribution is -0.119. The molecule has 2 rings (SSSR count). The van der Waals surface area contributed by atoms with Crippen LogP contribution in [0.2, 0.25) is 0 Å². The number of thioether (sulfide) groups is 1. The average Bonchev–Trinajstić information content (AvgIpc) is 2.80. The van der Waals surface area contributed by atoms with Crippen LogP contribution < -0.4 is 24.8 Å². The second-order valence-corrected chi connectivity index (χ2v) is 8.06. The fourth-order valence-corrected chi connectivity index (χ4v) is 3.68. The molecule has 2 aromatic rings. The predicted molar refractivity (Wildman–Crippen MR) is 125 cm³/mol. The van der Waals surface area contributed by atoms with Crippen LogP contribution in [-0.2, 0) is 14.3 Å². The van der Waals surface area contributed by atoms with E-state index in [9.17, 15) is 14.4 Å². The first-order chi connectivity index (χ1) is 15.8. The van der Waals surface area contributed by atoms with E-state index in [1.54, 1.807) is 36.4 Å². The molecule has 0 unspecified atom stereocenters. The zero-order chi connectivity index (χ0) is 24.4. The van der Waals surface area contributed by atoms with E-state index in [2.05, 4.69) is 10.6 Å². The number of carbonyl (C=O) groups excluding carboxylic acids is 3. The highest BCUT2D eigenvalue weighted by atomic mass is 32.2. The topological polar surface area (TPSA) is 112 Å². The number of amides is 2. The number of hydrogen-bond donors (Lipinski definition) is 2. The van der Waals surface area contributed by atoms with Crippen LogP contribution in [-0.4, -0.2) is 57.5 Å². The Hall–Kier alpha value is -3.40. The van der Waals surface area contributed by atoms with Gasteiger partial charge in [0, 0.05) is 28.8 Å². The number of methoxy groups -OCH3 is 3. The first-order valence-corrected chi connectivity index (χ1v) is 11.1. The summed E-state index contributed by atoms with van der Waals surface area (Å²) in [5.41, 5.74) is 0.665. The quantitative estimate of drug-likeness (QED) is 0.376. The van der Waals surface area contributed by atoms with Gasteiger partial charge in [-0.2, -0.15) is 0 Å². The summed E-state index contributed by atoms with van der Waals surface area (Å²) in [5, 5.41) is 5.43. The minimum atomic E-state index is -0.664. The van der Waals surface area contributed by atoms with Crippen molar-refractivity contribution in [1.82, 2.24) is 5.32 Å². The molecule has 0 saturated heterocycles. The summed E-state index contributed by atoms with van der Waals surface area (Å²) in [5.74, 6) is -0.0532. The Kier molecular flexibility index (Phi) is 9.86. The molecule has 0 fully saturated rings. The van der Waals surface area contributed by atoms with Crippen LogP contribution in [0.25, 0.3) is 0 Å². The van der Waals surface area contributed by atoms with Gasteiger partial charge in [-0.1, -0.05) is 12.1 Å². The molecule has 0 aliphatic rings. The third-order valence-electron chi connectivity index (χ3n) is 4.20. The number of esters is 1. The van der Waals surface area contributed by atoms with Crippen molar-refractivity contribution in [3.63, 3.8) is 0 Å². The number of benzene rings is 2. The summed E-state index contributed by atoms with van der Waals surface area (Å²) in [4.78, 5) is 37.4. The normalized spacial score (nSPS) is 10.4. The monoisotopic (exact) mass is 476 g/mol. The summed E-state index contributed by atoms with van der Waals surface area (Å²) in [6.07, 6.45) is 0. The van der Waals surface area contributed by atoms with Crippen LogP contribution in [0.1, 0.15) is 24.2 Å². The Morgan fingerprint density at radius 3 is 2.15 bits per heavy atom. The maximum atomic E-state index is 12.6. The fraction of sp³-hybridized carbons (Fsp3) is 0.348. The number of ether oxygens (including phenoxy) is 4. The number of carbonyl (C=O) groups is 3. The largest absolute Gasteiger partial charge is 0.493 e. The zero-order valence-corrected chi connectivity index (χ0v) is 20.0. The minimum Gasteiger partial charge on any atom is -0.493 e. The van der Waals surface area contributed by atoms with Crippen molar-refractivity contribution in [1.29, 1.82) is 0 Å². The maximum absolute atomic E-state index is 12.6. The van der Waals surface area contributed by atoms with Gasteiger partial charge in [-0.15, -0.1) is 11.8 Å². The molecule has 0 atom stereocenters. The Bertz CT molecular complexity index is 970. The van der Waals surface area contributed by atoms with Gasteiger partial charge < -0.3 is 29.6 Å². The van der Waals surface area contributed by atoms with Crippen LogP contribution in [0.4, 0.5) is 5.69 Å². The molecule has 0 aromatic heterocycles. The van der Waals surface area contributed by atoms with Crippen molar-refractivity contribution in [2.24, 2.45) is 0 Å². The number of anilines is 1. The highest BCUT2D eigenvalue weighted by Crippen LogP contribution is 2.39. The average molecular weight is 477 g/mol. The molecule has 0 aliphatic carbocycles. The van der Waals surface area contributed by atoms with Gasteiger partial charge in [-0.25, -0.2) is 4.79 Å². The van der Waals surface area contributed by atoms with E-state index in [1.807, 2.05) is 13.8 Å². The molecule has 0 bridgehead atoms. The van der Waals surface area contributed by atoms with Crippen LogP contribution in [0.15, 0.2) is 41.3 Å². The molecule has 10 heteroatoms. The van der Waals surface area contributed by atoms with E-state index >= 15 is 0 Å². The zero-order valence-electron chi connectivity index (χ0n) is 19.2. The van der Waals surface area contributed by atoms with Crippen LogP contribution in [0, 0.1) is 0 Å². The van der Waals surface area contributed by atoms with E-state index in [1.165, 1.54) is 33.1 Å². The fourth-order valence-electron chi connectivity index (χ4n) is 2.83. The van der Waals surface area contributed by atoms with Gasteiger partial charge in [0.15, 0.2) is 18.1 Å². The number of nitrogens with one attached hydrogen (secondary N) is 2. The lowest BCUT2D eigenvalue weighted by Crippen LogP contribution is -2.31. The molecule has 9 nitrogen and oxygen atoms in total. The standard InChI is InChI=1S/C23H28N2O7S/c1-14(2)24-21(27)13-33-19-9-7-6-8-16(19)23(28)32-12-20(26)25-15-10-17(29-3)22(31-5)18(11-15)30-4/h6-11,14H,12-13H2,1-5H3,(H,24,27)(H,25,26). The minimum absolute atomic E-state index is 0.0301. The first-order valence-electron chi connectivity index (χ1n) is 10.1. The number of hydrogen-bond acceptors (Lipinski definition) is 8. The summed E-state index contributed by atoms with van der Waals surface area (Å²) in [6, 6.07) is 9.91. The van der Waals surface area contributed by atoms with Crippen molar-refractivity contribution in [2.75, 3.05) is 39.0 Å². The number of rotatable bonds is 11. The van der Waals surface area contributed by atoms with Gasteiger partial charge in [-0.05, 0) is 26.0 Å².